The van der Waals surface area contributed by atoms with Crippen LogP contribution in [0.2, 0.25) is 0 Å². The third kappa shape index (κ3) is 4.09. The van der Waals surface area contributed by atoms with Crippen molar-refractivity contribution in [3.63, 3.8) is 0 Å². The van der Waals surface area contributed by atoms with Gasteiger partial charge in [0.25, 0.3) is 0 Å². The molecule has 2 aromatic rings. The highest BCUT2D eigenvalue weighted by Crippen LogP contribution is 2.38. The second-order valence-electron chi connectivity index (χ2n) is 5.83. The number of aromatic nitrogens is 2. The van der Waals surface area contributed by atoms with E-state index in [0.717, 1.165) is 16.5 Å². The Hall–Kier alpha value is -2.30. The quantitative estimate of drug-likeness (QED) is 0.286. The molecular weight excluding hydrogens is 406 g/mol. The Labute approximate surface area is 157 Å². The van der Waals surface area contributed by atoms with Crippen molar-refractivity contribution >= 4 is 33.4 Å². The number of benzene rings is 1. The van der Waals surface area contributed by atoms with Crippen molar-refractivity contribution < 1.29 is 19.7 Å². The highest BCUT2D eigenvalue weighted by atomic mass is 79.9. The summed E-state index contributed by atoms with van der Waals surface area (Å²) in [6.45, 7) is -0.0220. The Bertz CT molecular complexity index is 823. The lowest BCUT2D eigenvalue weighted by molar-refractivity contribution is -0.117. The smallest absolute Gasteiger partial charge is 0.202 e. The number of hydroxylamine groups is 1. The molecule has 0 spiro atoms. The maximum absolute atomic E-state index is 11.7. The van der Waals surface area contributed by atoms with E-state index in [4.69, 9.17) is 9.74 Å². The molecule has 1 heterocycles. The summed E-state index contributed by atoms with van der Waals surface area (Å²) in [5.41, 5.74) is 4.48. The van der Waals surface area contributed by atoms with E-state index in [1.54, 1.807) is 0 Å². The molecule has 1 aliphatic rings. The van der Waals surface area contributed by atoms with Crippen LogP contribution in [0.4, 0.5) is 5.82 Å². The van der Waals surface area contributed by atoms with E-state index in [-0.39, 0.29) is 48.7 Å². The number of fused-ring (bicyclic) bond motifs is 1. The Balaban J connectivity index is 1.71. The van der Waals surface area contributed by atoms with Crippen LogP contribution in [0.3, 0.4) is 0 Å². The zero-order valence-electron chi connectivity index (χ0n) is 13.8. The molecule has 0 fully saturated rings. The number of anilines is 1. The number of ketones is 1. The van der Waals surface area contributed by atoms with E-state index < -0.39 is 0 Å². The molecule has 0 radical (unpaired) electrons. The first-order valence-electron chi connectivity index (χ1n) is 8.08. The van der Waals surface area contributed by atoms with Crippen LogP contribution in [0.15, 0.2) is 32.3 Å². The van der Waals surface area contributed by atoms with Gasteiger partial charge in [-0.05, 0) is 46.4 Å². The van der Waals surface area contributed by atoms with Crippen LogP contribution < -0.4 is 10.8 Å². The fourth-order valence-corrected chi connectivity index (χ4v) is 3.05. The van der Waals surface area contributed by atoms with Crippen LogP contribution in [0.5, 0.6) is 0 Å². The molecule has 0 amide bonds. The minimum Gasteiger partial charge on any atom is -0.396 e. The fraction of sp³-hybridized carbons (Fsp3) is 0.375. The van der Waals surface area contributed by atoms with E-state index in [9.17, 15) is 10.0 Å². The van der Waals surface area contributed by atoms with E-state index in [1.165, 1.54) is 5.56 Å². The summed E-state index contributed by atoms with van der Waals surface area (Å²) in [6, 6.07) is 5.87. The number of nitrogens with one attached hydrogen (secondary N) is 2. The molecular formula is C16H18BrN5O4. The monoisotopic (exact) mass is 423 g/mol. The van der Waals surface area contributed by atoms with Crippen molar-refractivity contribution in [2.24, 2.45) is 4.99 Å². The first kappa shape index (κ1) is 18.5. The summed E-state index contributed by atoms with van der Waals surface area (Å²) in [4.78, 5) is 16.2. The maximum Gasteiger partial charge on any atom is 0.202 e. The van der Waals surface area contributed by atoms with Crippen molar-refractivity contribution in [2.75, 3.05) is 18.5 Å². The summed E-state index contributed by atoms with van der Waals surface area (Å²) < 4.78 is 5.67. The summed E-state index contributed by atoms with van der Waals surface area (Å²) in [6.07, 6.45) is 1.42. The second-order valence-corrected chi connectivity index (χ2v) is 6.75. The normalized spacial score (nSPS) is 16.0. The summed E-state index contributed by atoms with van der Waals surface area (Å²) in [5.74, 6) is 0.227. The van der Waals surface area contributed by atoms with Gasteiger partial charge in [0.05, 0.1) is 12.6 Å². The van der Waals surface area contributed by atoms with Crippen LogP contribution in [-0.4, -0.2) is 45.4 Å². The van der Waals surface area contributed by atoms with Crippen molar-refractivity contribution in [2.45, 2.75) is 25.3 Å². The van der Waals surface area contributed by atoms with Gasteiger partial charge in [0.15, 0.2) is 17.3 Å². The Morgan fingerprint density at radius 2 is 2.27 bits per heavy atom. The van der Waals surface area contributed by atoms with Gasteiger partial charge in [-0.3, -0.25) is 20.5 Å². The number of hydrogen-bond donors (Lipinski definition) is 4. The Kier molecular flexibility index (Phi) is 5.96. The third-order valence-corrected chi connectivity index (χ3v) is 4.54. The maximum atomic E-state index is 11.7. The number of rotatable bonds is 8. The predicted octanol–water partition coefficient (Wildman–Crippen LogP) is 1.61. The number of amidine groups is 1. The minimum atomic E-state index is -0.118. The molecule has 0 saturated heterocycles. The highest BCUT2D eigenvalue weighted by molar-refractivity contribution is 9.10. The molecule has 9 nitrogen and oxygen atoms in total. The number of aliphatic hydroxyl groups excluding tert-OH is 1. The zero-order valence-corrected chi connectivity index (χ0v) is 15.4. The molecule has 0 unspecified atom stereocenters. The Morgan fingerprint density at radius 1 is 1.42 bits per heavy atom. The highest BCUT2D eigenvalue weighted by Gasteiger charge is 2.28. The van der Waals surface area contributed by atoms with E-state index in [0.29, 0.717) is 6.42 Å². The number of halogens is 1. The van der Waals surface area contributed by atoms with Gasteiger partial charge in [-0.25, -0.2) is 4.63 Å². The number of carbonyl (C=O) groups is 1. The number of hydrogen-bond acceptors (Lipinski definition) is 8. The Morgan fingerprint density at radius 3 is 3.04 bits per heavy atom. The third-order valence-electron chi connectivity index (χ3n) is 4.05. The predicted molar refractivity (Wildman–Crippen MR) is 96.2 cm³/mol. The molecule has 10 heteroatoms. The SMILES string of the molecule is O=C(CCCO)CNc1nonc1C(=N[C@H]1Cc2ccc(Br)cc21)NO. The van der Waals surface area contributed by atoms with Crippen LogP contribution in [0.25, 0.3) is 0 Å². The van der Waals surface area contributed by atoms with Crippen LogP contribution in [-0.2, 0) is 11.2 Å². The summed E-state index contributed by atoms with van der Waals surface area (Å²) >= 11 is 3.43. The van der Waals surface area contributed by atoms with Gasteiger partial charge in [-0.1, -0.05) is 22.0 Å². The average molecular weight is 424 g/mol. The number of carbonyl (C=O) groups excluding carboxylic acids is 1. The van der Waals surface area contributed by atoms with E-state index in [2.05, 4.69) is 36.6 Å². The lowest BCUT2D eigenvalue weighted by atomic mass is 9.84. The van der Waals surface area contributed by atoms with Gasteiger partial charge in [-0.15, -0.1) is 0 Å². The molecule has 138 valence electrons. The molecule has 1 aromatic carbocycles. The molecule has 0 aliphatic heterocycles. The average Bonchev–Trinajstić information content (AvgIpc) is 3.09. The van der Waals surface area contributed by atoms with Gasteiger partial charge in [0.1, 0.15) is 0 Å². The molecule has 1 aromatic heterocycles. The topological polar surface area (TPSA) is 133 Å². The molecule has 0 saturated carbocycles. The van der Waals surface area contributed by atoms with Crippen molar-refractivity contribution in [1.82, 2.24) is 15.8 Å². The van der Waals surface area contributed by atoms with E-state index >= 15 is 0 Å². The molecule has 3 rings (SSSR count). The number of aliphatic imine (C=N–C) groups is 1. The first-order chi connectivity index (χ1) is 12.6. The van der Waals surface area contributed by atoms with Crippen molar-refractivity contribution in [1.29, 1.82) is 0 Å². The summed E-state index contributed by atoms with van der Waals surface area (Å²) in [7, 11) is 0. The van der Waals surface area contributed by atoms with Crippen molar-refractivity contribution in [3.05, 3.63) is 39.5 Å². The van der Waals surface area contributed by atoms with Gasteiger partial charge >= 0.3 is 0 Å². The molecule has 0 bridgehead atoms. The van der Waals surface area contributed by atoms with Crippen LogP contribution >= 0.6 is 15.9 Å². The summed E-state index contributed by atoms with van der Waals surface area (Å²) in [5, 5.41) is 28.5. The van der Waals surface area contributed by atoms with Gasteiger partial charge < -0.3 is 10.4 Å². The van der Waals surface area contributed by atoms with Gasteiger partial charge in [-0.2, -0.15) is 0 Å². The number of aliphatic hydroxyl groups is 1. The molecule has 4 N–H and O–H groups in total. The first-order valence-corrected chi connectivity index (χ1v) is 8.87. The zero-order chi connectivity index (χ0) is 18.5. The molecule has 1 aliphatic carbocycles. The lowest BCUT2D eigenvalue weighted by Gasteiger charge is -2.27. The van der Waals surface area contributed by atoms with Gasteiger partial charge in [0, 0.05) is 17.5 Å². The second kappa shape index (κ2) is 8.39. The molecule has 26 heavy (non-hydrogen) atoms. The fourth-order valence-electron chi connectivity index (χ4n) is 2.67. The lowest BCUT2D eigenvalue weighted by Crippen LogP contribution is -2.26. The molecule has 1 atom stereocenters. The van der Waals surface area contributed by atoms with Crippen LogP contribution in [0, 0.1) is 0 Å². The van der Waals surface area contributed by atoms with Crippen LogP contribution in [0.1, 0.15) is 35.7 Å². The number of nitrogens with zero attached hydrogens (tertiary/aromatic N) is 3. The standard InChI is InChI=1S/C16H18BrN5O4/c17-10-4-3-9-6-13(12(9)7-10)19-16(20-25)14-15(22-26-21-14)18-8-11(24)2-1-5-23/h3-4,7,13,23,25H,1-2,5-6,8H2,(H,18,22)(H,19,20)/t13-/m0/s1. The van der Waals surface area contributed by atoms with E-state index in [1.807, 2.05) is 23.7 Å². The number of Topliss-reactive ketones (excluding diaryl/α,β-unsaturated/α-hetero) is 1. The largest absolute Gasteiger partial charge is 0.396 e. The minimum absolute atomic E-state index is 0.0130. The van der Waals surface area contributed by atoms with Gasteiger partial charge in [0.2, 0.25) is 5.82 Å². The van der Waals surface area contributed by atoms with Crippen molar-refractivity contribution in [3.8, 4) is 0 Å².